The van der Waals surface area contributed by atoms with Crippen molar-refractivity contribution >= 4 is 22.4 Å². The predicted molar refractivity (Wildman–Crippen MR) is 80.8 cm³/mol. The molecule has 0 fully saturated rings. The lowest BCUT2D eigenvalue weighted by Crippen LogP contribution is -2.21. The summed E-state index contributed by atoms with van der Waals surface area (Å²) in [4.78, 5) is 5.63. The van der Waals surface area contributed by atoms with Crippen molar-refractivity contribution in [1.29, 1.82) is 0 Å². The number of rotatable bonds is 7. The Morgan fingerprint density at radius 2 is 2.42 bits per heavy atom. The summed E-state index contributed by atoms with van der Waals surface area (Å²) in [6, 6.07) is 0. The third-order valence-corrected chi connectivity index (χ3v) is 3.87. The van der Waals surface area contributed by atoms with Gasteiger partial charge in [-0.3, -0.25) is 4.40 Å². The van der Waals surface area contributed by atoms with E-state index in [-0.39, 0.29) is 0 Å². The molecule has 0 saturated heterocycles. The Balaban J connectivity index is 2.12. The van der Waals surface area contributed by atoms with Gasteiger partial charge in [-0.05, 0) is 19.4 Å². The van der Waals surface area contributed by atoms with E-state index in [1.165, 1.54) is 11.3 Å². The van der Waals surface area contributed by atoms with Gasteiger partial charge in [-0.1, -0.05) is 12.5 Å². The van der Waals surface area contributed by atoms with Gasteiger partial charge in [0, 0.05) is 31.8 Å². The van der Waals surface area contributed by atoms with E-state index < -0.39 is 0 Å². The molecular formula is C14H21N3OS. The van der Waals surface area contributed by atoms with Crippen LogP contribution in [0.5, 0.6) is 0 Å². The molecule has 1 N–H and O–H groups in total. The molecule has 2 aromatic rings. The highest BCUT2D eigenvalue weighted by Crippen LogP contribution is 2.19. The first kappa shape index (κ1) is 14.2. The average Bonchev–Trinajstić information content (AvgIpc) is 2.95. The molecule has 0 amide bonds. The normalized spacial score (nSPS) is 12.5. The fourth-order valence-corrected chi connectivity index (χ4v) is 2.75. The fraction of sp³-hybridized carbons (Fsp3) is 0.500. The van der Waals surface area contributed by atoms with Gasteiger partial charge < -0.3 is 10.1 Å². The topological polar surface area (TPSA) is 38.6 Å². The summed E-state index contributed by atoms with van der Waals surface area (Å²) in [6.07, 6.45) is 5.37. The minimum absolute atomic E-state index is 0.748. The monoisotopic (exact) mass is 279 g/mol. The molecule has 0 spiro atoms. The molecule has 0 aliphatic rings. The fourth-order valence-electron chi connectivity index (χ4n) is 1.98. The first-order valence-electron chi connectivity index (χ1n) is 6.57. The minimum Gasteiger partial charge on any atom is -0.383 e. The lowest BCUT2D eigenvalue weighted by Gasteiger charge is -2.07. The summed E-state index contributed by atoms with van der Waals surface area (Å²) in [6.45, 7) is 6.78. The van der Waals surface area contributed by atoms with Crippen molar-refractivity contribution < 1.29 is 4.74 Å². The third-order valence-electron chi connectivity index (χ3n) is 3.11. The van der Waals surface area contributed by atoms with Crippen LogP contribution in [0.1, 0.15) is 24.7 Å². The standard InChI is InChI=1S/C14H21N3OS/c1-4-12(10-15-5-7-18-3)9-13-11(2)16-14-17(13)6-8-19-14/h6,8-9,15H,4-5,7,10H2,1-3H3. The number of imidazole rings is 1. The van der Waals surface area contributed by atoms with Gasteiger partial charge in [0.2, 0.25) is 0 Å². The number of methoxy groups -OCH3 is 1. The van der Waals surface area contributed by atoms with E-state index in [1.54, 1.807) is 18.4 Å². The molecule has 0 aromatic carbocycles. The van der Waals surface area contributed by atoms with E-state index in [0.717, 1.165) is 36.8 Å². The Labute approximate surface area is 118 Å². The Morgan fingerprint density at radius 1 is 1.58 bits per heavy atom. The zero-order valence-electron chi connectivity index (χ0n) is 11.8. The molecule has 0 radical (unpaired) electrons. The average molecular weight is 279 g/mol. The number of aryl methyl sites for hydroxylation is 1. The van der Waals surface area contributed by atoms with Crippen molar-refractivity contribution in [2.24, 2.45) is 0 Å². The minimum atomic E-state index is 0.748. The van der Waals surface area contributed by atoms with Gasteiger partial charge in [0.15, 0.2) is 4.96 Å². The first-order valence-corrected chi connectivity index (χ1v) is 7.45. The summed E-state index contributed by atoms with van der Waals surface area (Å²) in [5, 5.41) is 5.46. The van der Waals surface area contributed by atoms with Crippen molar-refractivity contribution in [1.82, 2.24) is 14.7 Å². The summed E-state index contributed by atoms with van der Waals surface area (Å²) in [5.41, 5.74) is 3.67. The molecule has 2 rings (SSSR count). The number of ether oxygens (including phenoxy) is 1. The first-order chi connectivity index (χ1) is 9.26. The van der Waals surface area contributed by atoms with Crippen LogP contribution in [0.25, 0.3) is 11.0 Å². The van der Waals surface area contributed by atoms with Gasteiger partial charge in [-0.15, -0.1) is 11.3 Å². The van der Waals surface area contributed by atoms with Crippen molar-refractivity contribution in [3.05, 3.63) is 28.5 Å². The molecule has 0 aliphatic carbocycles. The van der Waals surface area contributed by atoms with E-state index >= 15 is 0 Å². The number of nitrogens with zero attached hydrogens (tertiary/aromatic N) is 2. The van der Waals surface area contributed by atoms with Crippen molar-refractivity contribution in [2.45, 2.75) is 20.3 Å². The Hall–Kier alpha value is -1.17. The number of nitrogens with one attached hydrogen (secondary N) is 1. The van der Waals surface area contributed by atoms with Gasteiger partial charge >= 0.3 is 0 Å². The molecule has 0 atom stereocenters. The maximum Gasteiger partial charge on any atom is 0.194 e. The Kier molecular flexibility index (Phi) is 5.13. The van der Waals surface area contributed by atoms with Gasteiger partial charge in [0.1, 0.15) is 0 Å². The SMILES string of the molecule is CCC(=Cc1c(C)nc2sccn12)CNCCOC. The van der Waals surface area contributed by atoms with E-state index in [1.807, 2.05) is 0 Å². The zero-order valence-corrected chi connectivity index (χ0v) is 12.6. The number of fused-ring (bicyclic) bond motifs is 1. The van der Waals surface area contributed by atoms with Gasteiger partial charge in [-0.25, -0.2) is 4.98 Å². The van der Waals surface area contributed by atoms with E-state index in [9.17, 15) is 0 Å². The molecule has 19 heavy (non-hydrogen) atoms. The van der Waals surface area contributed by atoms with Crippen LogP contribution in [0.4, 0.5) is 0 Å². The van der Waals surface area contributed by atoms with E-state index in [2.05, 4.69) is 46.2 Å². The number of hydrogen-bond acceptors (Lipinski definition) is 4. The lowest BCUT2D eigenvalue weighted by atomic mass is 10.1. The van der Waals surface area contributed by atoms with Crippen molar-refractivity contribution in [2.75, 3.05) is 26.8 Å². The third kappa shape index (κ3) is 3.43. The molecular weight excluding hydrogens is 258 g/mol. The predicted octanol–water partition coefficient (Wildman–Crippen LogP) is 2.73. The van der Waals surface area contributed by atoms with Crippen LogP contribution < -0.4 is 5.32 Å². The second kappa shape index (κ2) is 6.84. The van der Waals surface area contributed by atoms with Crippen LogP contribution in [-0.2, 0) is 4.74 Å². The Bertz CT molecular complexity index is 556. The number of hydrogen-bond donors (Lipinski definition) is 1. The van der Waals surface area contributed by atoms with Crippen molar-refractivity contribution in [3.8, 4) is 0 Å². The van der Waals surface area contributed by atoms with Gasteiger partial charge in [0.05, 0.1) is 18.0 Å². The number of thiazole rings is 1. The molecule has 5 heteroatoms. The van der Waals surface area contributed by atoms with Crippen LogP contribution in [-0.4, -0.2) is 36.2 Å². The highest BCUT2D eigenvalue weighted by atomic mass is 32.1. The lowest BCUT2D eigenvalue weighted by molar-refractivity contribution is 0.200. The van der Waals surface area contributed by atoms with E-state index in [0.29, 0.717) is 0 Å². The van der Waals surface area contributed by atoms with Crippen molar-refractivity contribution in [3.63, 3.8) is 0 Å². The molecule has 2 aromatic heterocycles. The Morgan fingerprint density at radius 3 is 3.16 bits per heavy atom. The molecule has 2 heterocycles. The van der Waals surface area contributed by atoms with E-state index in [4.69, 9.17) is 4.74 Å². The van der Waals surface area contributed by atoms with Crippen LogP contribution in [0, 0.1) is 6.92 Å². The molecule has 0 aliphatic heterocycles. The highest BCUT2D eigenvalue weighted by Gasteiger charge is 2.07. The maximum atomic E-state index is 5.03. The zero-order chi connectivity index (χ0) is 13.7. The smallest absolute Gasteiger partial charge is 0.194 e. The summed E-state index contributed by atoms with van der Waals surface area (Å²) in [5.74, 6) is 0. The molecule has 0 unspecified atom stereocenters. The summed E-state index contributed by atoms with van der Waals surface area (Å²) in [7, 11) is 1.72. The second-order valence-electron chi connectivity index (χ2n) is 4.46. The highest BCUT2D eigenvalue weighted by molar-refractivity contribution is 7.15. The summed E-state index contributed by atoms with van der Waals surface area (Å²) < 4.78 is 7.19. The quantitative estimate of drug-likeness (QED) is 0.792. The number of aromatic nitrogens is 2. The molecule has 104 valence electrons. The second-order valence-corrected chi connectivity index (χ2v) is 5.34. The van der Waals surface area contributed by atoms with Crippen LogP contribution >= 0.6 is 11.3 Å². The van der Waals surface area contributed by atoms with Gasteiger partial charge in [0.25, 0.3) is 0 Å². The maximum absolute atomic E-state index is 5.03. The largest absolute Gasteiger partial charge is 0.383 e. The summed E-state index contributed by atoms with van der Waals surface area (Å²) >= 11 is 1.67. The van der Waals surface area contributed by atoms with Crippen LogP contribution in [0.2, 0.25) is 0 Å². The van der Waals surface area contributed by atoms with Gasteiger partial charge in [-0.2, -0.15) is 0 Å². The molecule has 0 bridgehead atoms. The van der Waals surface area contributed by atoms with Crippen LogP contribution in [0.3, 0.4) is 0 Å². The molecule has 0 saturated carbocycles. The molecule has 4 nitrogen and oxygen atoms in total. The van der Waals surface area contributed by atoms with Crippen LogP contribution in [0.15, 0.2) is 17.2 Å².